The third-order valence-electron chi connectivity index (χ3n) is 7.87. The molecule has 0 N–H and O–H groups in total. The molecule has 212 valence electrons. The van der Waals surface area contributed by atoms with Crippen LogP contribution in [-0.2, 0) is 48.0 Å². The van der Waals surface area contributed by atoms with Crippen molar-refractivity contribution in [2.75, 3.05) is 0 Å². The number of carbonyl (C=O) groups is 4. The Morgan fingerprint density at radius 1 is 0.452 bits per heavy atom. The smallest absolute Gasteiger partial charge is 0.272 e. The molecule has 1 saturated carbocycles. The Labute approximate surface area is 238 Å². The van der Waals surface area contributed by atoms with Gasteiger partial charge in [-0.1, -0.05) is 72.8 Å². The molecule has 0 bridgehead atoms. The number of hydrogen-bond donors (Lipinski definition) is 0. The second-order valence-corrected chi connectivity index (χ2v) is 13.1. The SMILES string of the molecule is O=C1C2C(C(=O)N1OS(=O)(=O)c1cccc3ccccc13)C1C(=O)N(OS(=O)(=O)c3cccc4ccccc34)C(=O)C21. The monoisotopic (exact) mass is 606 g/mol. The first-order valence-corrected chi connectivity index (χ1v) is 15.4. The topological polar surface area (TPSA) is 161 Å². The Bertz CT molecular complexity index is 1900. The van der Waals surface area contributed by atoms with E-state index in [1.807, 2.05) is 0 Å². The number of nitrogens with zero attached hydrogens (tertiary/aromatic N) is 2. The summed E-state index contributed by atoms with van der Waals surface area (Å²) in [4.78, 5) is 52.1. The molecule has 4 aromatic carbocycles. The van der Waals surface area contributed by atoms with Gasteiger partial charge in [0, 0.05) is 10.8 Å². The zero-order chi connectivity index (χ0) is 29.6. The molecule has 12 nitrogen and oxygen atoms in total. The summed E-state index contributed by atoms with van der Waals surface area (Å²) in [5, 5.41) is 1.89. The molecule has 3 aliphatic rings. The minimum atomic E-state index is -4.69. The Hall–Kier alpha value is -4.50. The van der Waals surface area contributed by atoms with Crippen molar-refractivity contribution in [3.8, 4) is 0 Å². The van der Waals surface area contributed by atoms with Crippen LogP contribution in [0.25, 0.3) is 21.5 Å². The van der Waals surface area contributed by atoms with Crippen LogP contribution >= 0.6 is 0 Å². The molecule has 14 heteroatoms. The molecule has 0 aromatic heterocycles. The second kappa shape index (κ2) is 9.00. The van der Waals surface area contributed by atoms with Crippen molar-refractivity contribution in [2.45, 2.75) is 9.79 Å². The van der Waals surface area contributed by atoms with Gasteiger partial charge in [0.05, 0.1) is 23.7 Å². The Morgan fingerprint density at radius 2 is 0.762 bits per heavy atom. The zero-order valence-electron chi connectivity index (χ0n) is 21.2. The first-order valence-electron chi connectivity index (χ1n) is 12.6. The van der Waals surface area contributed by atoms with Gasteiger partial charge in [-0.2, -0.15) is 16.8 Å². The quantitative estimate of drug-likeness (QED) is 0.297. The highest BCUT2D eigenvalue weighted by atomic mass is 32.2. The molecule has 7 rings (SSSR count). The molecule has 0 atom stereocenters. The number of fused-ring (bicyclic) bond motifs is 6. The van der Waals surface area contributed by atoms with Crippen molar-refractivity contribution in [1.29, 1.82) is 0 Å². The van der Waals surface area contributed by atoms with Gasteiger partial charge >= 0.3 is 20.2 Å². The Morgan fingerprint density at radius 3 is 1.12 bits per heavy atom. The average Bonchev–Trinajstić information content (AvgIpc) is 3.27. The van der Waals surface area contributed by atoms with Crippen molar-refractivity contribution >= 4 is 65.4 Å². The third kappa shape index (κ3) is 3.66. The predicted molar refractivity (Wildman–Crippen MR) is 142 cm³/mol. The van der Waals surface area contributed by atoms with Gasteiger partial charge in [0.2, 0.25) is 0 Å². The van der Waals surface area contributed by atoms with Crippen LogP contribution in [0.1, 0.15) is 0 Å². The summed E-state index contributed by atoms with van der Waals surface area (Å²) in [6, 6.07) is 21.8. The first-order chi connectivity index (χ1) is 20.0. The lowest BCUT2D eigenvalue weighted by molar-refractivity contribution is -0.169. The van der Waals surface area contributed by atoms with E-state index in [0.29, 0.717) is 21.5 Å². The fourth-order valence-corrected chi connectivity index (χ4v) is 8.23. The van der Waals surface area contributed by atoms with Crippen LogP contribution in [0.4, 0.5) is 0 Å². The molecule has 1 aliphatic carbocycles. The lowest BCUT2D eigenvalue weighted by Gasteiger charge is -2.35. The van der Waals surface area contributed by atoms with Gasteiger partial charge in [-0.25, -0.2) is 0 Å². The van der Waals surface area contributed by atoms with Crippen LogP contribution in [-0.4, -0.2) is 50.6 Å². The maximum atomic E-state index is 13.2. The van der Waals surface area contributed by atoms with Gasteiger partial charge < -0.3 is 0 Å². The van der Waals surface area contributed by atoms with Crippen LogP contribution in [0.2, 0.25) is 0 Å². The van der Waals surface area contributed by atoms with Crippen molar-refractivity contribution < 1.29 is 44.6 Å². The molecule has 2 heterocycles. The molecule has 42 heavy (non-hydrogen) atoms. The van der Waals surface area contributed by atoms with Gasteiger partial charge in [-0.05, 0) is 22.9 Å². The largest absolute Gasteiger partial charge is 0.318 e. The van der Waals surface area contributed by atoms with E-state index in [1.165, 1.54) is 36.4 Å². The number of hydrogen-bond acceptors (Lipinski definition) is 10. The molecule has 2 aliphatic heterocycles. The molecular weight excluding hydrogens is 588 g/mol. The lowest BCUT2D eigenvalue weighted by Crippen LogP contribution is -2.50. The molecule has 0 spiro atoms. The van der Waals surface area contributed by atoms with E-state index in [-0.39, 0.29) is 19.9 Å². The van der Waals surface area contributed by atoms with Gasteiger partial charge in [0.25, 0.3) is 23.6 Å². The van der Waals surface area contributed by atoms with Crippen molar-refractivity contribution in [1.82, 2.24) is 10.1 Å². The van der Waals surface area contributed by atoms with Crippen LogP contribution in [0.5, 0.6) is 0 Å². The Kier molecular flexibility index (Phi) is 5.66. The summed E-state index contributed by atoms with van der Waals surface area (Å²) in [6.45, 7) is 0. The maximum Gasteiger partial charge on any atom is 0.318 e. The van der Waals surface area contributed by atoms with Crippen LogP contribution in [0.15, 0.2) is 94.7 Å². The molecular formula is C28H18N2O10S2. The van der Waals surface area contributed by atoms with Gasteiger partial charge in [0.1, 0.15) is 9.79 Å². The average molecular weight is 607 g/mol. The lowest BCUT2D eigenvalue weighted by atomic mass is 9.59. The van der Waals surface area contributed by atoms with Crippen molar-refractivity contribution in [2.24, 2.45) is 23.7 Å². The highest BCUT2D eigenvalue weighted by Crippen LogP contribution is 2.57. The van der Waals surface area contributed by atoms with Crippen LogP contribution < -0.4 is 0 Å². The summed E-state index contributed by atoms with van der Waals surface area (Å²) in [5.74, 6) is -10.2. The number of rotatable bonds is 6. The maximum absolute atomic E-state index is 13.2. The number of carbonyl (C=O) groups excluding carboxylic acids is 4. The number of benzene rings is 4. The predicted octanol–water partition coefficient (Wildman–Crippen LogP) is 2.15. The fourth-order valence-electron chi connectivity index (χ4n) is 5.99. The van der Waals surface area contributed by atoms with Crippen molar-refractivity contribution in [3.05, 3.63) is 84.9 Å². The van der Waals surface area contributed by atoms with Gasteiger partial charge in [0.15, 0.2) is 0 Å². The number of imide groups is 2. The normalized spacial score (nSPS) is 23.9. The highest BCUT2D eigenvalue weighted by Gasteiger charge is 2.75. The van der Waals surface area contributed by atoms with E-state index in [2.05, 4.69) is 0 Å². The van der Waals surface area contributed by atoms with E-state index < -0.39 is 67.5 Å². The molecule has 0 unspecified atom stereocenters. The second-order valence-electron chi connectivity index (χ2n) is 10.1. The van der Waals surface area contributed by atoms with Crippen LogP contribution in [0.3, 0.4) is 0 Å². The number of hydroxylamine groups is 4. The van der Waals surface area contributed by atoms with E-state index in [4.69, 9.17) is 8.57 Å². The minimum Gasteiger partial charge on any atom is -0.272 e. The van der Waals surface area contributed by atoms with E-state index in [1.54, 1.807) is 48.5 Å². The van der Waals surface area contributed by atoms with Gasteiger partial charge in [-0.15, -0.1) is 18.7 Å². The molecule has 0 radical (unpaired) electrons. The fraction of sp³-hybridized carbons (Fsp3) is 0.143. The summed E-state index contributed by atoms with van der Waals surface area (Å²) in [6.07, 6.45) is 0. The molecule has 4 aromatic rings. The van der Waals surface area contributed by atoms with E-state index >= 15 is 0 Å². The first kappa shape index (κ1) is 26.4. The minimum absolute atomic E-state index is 0.0728. The summed E-state index contributed by atoms with van der Waals surface area (Å²) < 4.78 is 62.5. The zero-order valence-corrected chi connectivity index (χ0v) is 22.8. The van der Waals surface area contributed by atoms with Gasteiger partial charge in [-0.3, -0.25) is 19.2 Å². The summed E-state index contributed by atoms with van der Waals surface area (Å²) in [5.41, 5.74) is 0. The molecule has 4 amide bonds. The summed E-state index contributed by atoms with van der Waals surface area (Å²) in [7, 11) is -9.38. The third-order valence-corrected chi connectivity index (χ3v) is 10.4. The van der Waals surface area contributed by atoms with E-state index in [9.17, 15) is 36.0 Å². The van der Waals surface area contributed by atoms with Crippen LogP contribution in [0, 0.1) is 23.7 Å². The number of amides is 4. The molecule has 2 saturated heterocycles. The van der Waals surface area contributed by atoms with Crippen molar-refractivity contribution in [3.63, 3.8) is 0 Å². The Balaban J connectivity index is 1.15. The summed E-state index contributed by atoms with van der Waals surface area (Å²) >= 11 is 0. The molecule has 3 fully saturated rings. The van der Waals surface area contributed by atoms with E-state index in [0.717, 1.165) is 0 Å². The standard InChI is InChI=1S/C28H18N2O10S2/c31-25-21-22(26(32)29(25)39-41(35,36)19-13-5-9-15-7-1-3-11-17(15)19)24-23(21)27(33)30(28(24)34)40-42(37,38)20-14-6-10-16-8-2-4-12-18(16)20/h1-14,21-24H. The highest BCUT2D eigenvalue weighted by molar-refractivity contribution is 7.87.